The molecule has 13 heteroatoms. The Morgan fingerprint density at radius 3 is 0.548 bits per heavy atom. The van der Waals surface area contributed by atoms with E-state index in [9.17, 15) is 0 Å². The molecule has 0 atom stereocenters. The molecule has 3 rings (SSSR count). The largest absolute Gasteiger partial charge is 0.411 e. The van der Waals surface area contributed by atoms with Crippen LogP contribution in [0, 0.1) is 0 Å². The summed E-state index contributed by atoms with van der Waals surface area (Å²) in [5.41, 5.74) is 3.13. The zero-order valence-corrected chi connectivity index (χ0v) is 18.3. The second kappa shape index (κ2) is 17.1. The molecule has 0 bridgehead atoms. The zero-order chi connectivity index (χ0) is 22.2. The van der Waals surface area contributed by atoms with E-state index in [1.165, 1.54) is 0 Å². The van der Waals surface area contributed by atoms with E-state index in [0.29, 0.717) is 34.3 Å². The molecule has 0 aliphatic heterocycles. The molecular weight excluding hydrogens is 452 g/mol. The van der Waals surface area contributed by atoms with Gasteiger partial charge >= 0.3 is 0 Å². The van der Waals surface area contributed by atoms with Crippen LogP contribution < -0.4 is 0 Å². The summed E-state index contributed by atoms with van der Waals surface area (Å²) < 4.78 is 0. The summed E-state index contributed by atoms with van der Waals surface area (Å²) in [4.78, 5) is 0. The molecule has 0 unspecified atom stereocenters. The first-order valence-corrected chi connectivity index (χ1v) is 9.91. The Bertz CT molecular complexity index is 565. The molecule has 6 N–H and O–H groups in total. The number of rotatable bonds is 0. The normalized spacial score (nSPS) is 26.7. The second-order valence-electron chi connectivity index (χ2n) is 6.90. The van der Waals surface area contributed by atoms with Gasteiger partial charge in [-0.05, 0) is 77.0 Å². The Morgan fingerprint density at radius 2 is 0.452 bits per heavy atom. The van der Waals surface area contributed by atoms with Gasteiger partial charge in [-0.25, -0.2) is 0 Å². The van der Waals surface area contributed by atoms with E-state index in [4.69, 9.17) is 31.2 Å². The van der Waals surface area contributed by atoms with Crippen molar-refractivity contribution in [1.29, 1.82) is 0 Å². The van der Waals surface area contributed by atoms with Crippen LogP contribution in [0.15, 0.2) is 30.9 Å². The van der Waals surface area contributed by atoms with E-state index >= 15 is 0 Å². The van der Waals surface area contributed by atoms with Crippen LogP contribution in [0.25, 0.3) is 0 Å². The fourth-order valence-corrected chi connectivity index (χ4v) is 3.27. The number of nitrogens with zero attached hydrogens (tertiary/aromatic N) is 6. The Labute approximate surface area is 190 Å². The molecular formula is C18H30FeN6O6. The van der Waals surface area contributed by atoms with Gasteiger partial charge in [-0.2, -0.15) is 0 Å². The molecule has 0 aromatic carbocycles. The molecule has 0 amide bonds. The minimum absolute atomic E-state index is 0. The standard InChI is InChI=1S/3C6H10N2O2.Fe/c3*9-7-5-3-1-2-4-6(5)8-10;/h3*9-10H,1-4H2;/b3*7-5+,8-6+;. The van der Waals surface area contributed by atoms with Gasteiger partial charge in [-0.1, -0.05) is 30.9 Å². The maximum Gasteiger partial charge on any atom is 0.104 e. The van der Waals surface area contributed by atoms with E-state index in [2.05, 4.69) is 30.9 Å². The monoisotopic (exact) mass is 482 g/mol. The summed E-state index contributed by atoms with van der Waals surface area (Å²) in [6.45, 7) is 0. The number of hydrogen-bond acceptors (Lipinski definition) is 12. The first-order valence-electron chi connectivity index (χ1n) is 9.91. The van der Waals surface area contributed by atoms with Crippen molar-refractivity contribution in [2.75, 3.05) is 0 Å². The van der Waals surface area contributed by atoms with Gasteiger partial charge in [0, 0.05) is 17.1 Å². The molecule has 0 spiro atoms. The van der Waals surface area contributed by atoms with Gasteiger partial charge in [0.1, 0.15) is 34.3 Å². The minimum atomic E-state index is 0. The molecule has 0 heterocycles. The minimum Gasteiger partial charge on any atom is -0.411 e. The molecule has 3 saturated carbocycles. The van der Waals surface area contributed by atoms with Gasteiger partial charge in [0.05, 0.1) is 0 Å². The first kappa shape index (κ1) is 28.3. The predicted molar refractivity (Wildman–Crippen MR) is 111 cm³/mol. The smallest absolute Gasteiger partial charge is 0.104 e. The molecule has 3 fully saturated rings. The zero-order valence-electron chi connectivity index (χ0n) is 17.2. The summed E-state index contributed by atoms with van der Waals surface area (Å²) in [5, 5.41) is 68.5. The Kier molecular flexibility index (Phi) is 15.6. The van der Waals surface area contributed by atoms with Crippen LogP contribution in [-0.4, -0.2) is 65.5 Å². The molecule has 3 aliphatic carbocycles. The topological polar surface area (TPSA) is 196 Å². The van der Waals surface area contributed by atoms with Gasteiger partial charge in [-0.15, -0.1) is 0 Å². The Morgan fingerprint density at radius 1 is 0.323 bits per heavy atom. The third-order valence-corrected chi connectivity index (χ3v) is 4.96. The van der Waals surface area contributed by atoms with Crippen molar-refractivity contribution in [2.45, 2.75) is 77.0 Å². The molecule has 0 saturated heterocycles. The van der Waals surface area contributed by atoms with Gasteiger partial charge in [0.25, 0.3) is 0 Å². The summed E-state index contributed by atoms with van der Waals surface area (Å²) in [6.07, 6.45) is 10.4. The quantitative estimate of drug-likeness (QED) is 0.173. The first-order chi connectivity index (χ1) is 14.6. The molecule has 3 aliphatic rings. The van der Waals surface area contributed by atoms with Crippen molar-refractivity contribution in [3.05, 3.63) is 0 Å². The fourth-order valence-electron chi connectivity index (χ4n) is 3.27. The van der Waals surface area contributed by atoms with Crippen molar-refractivity contribution >= 4 is 34.3 Å². The maximum atomic E-state index is 8.39. The van der Waals surface area contributed by atoms with Crippen molar-refractivity contribution in [3.63, 3.8) is 0 Å². The third-order valence-electron chi connectivity index (χ3n) is 4.96. The molecule has 0 aromatic rings. The van der Waals surface area contributed by atoms with Crippen LogP contribution in [0.5, 0.6) is 0 Å². The Balaban J connectivity index is 0.000000429. The van der Waals surface area contributed by atoms with E-state index < -0.39 is 0 Å². The van der Waals surface area contributed by atoms with Crippen molar-refractivity contribution in [1.82, 2.24) is 0 Å². The number of hydrogen-bond donors (Lipinski definition) is 6. The van der Waals surface area contributed by atoms with Gasteiger partial charge in [0.2, 0.25) is 0 Å². The maximum absolute atomic E-state index is 8.39. The number of oxime groups is 6. The van der Waals surface area contributed by atoms with E-state index in [0.717, 1.165) is 77.0 Å². The summed E-state index contributed by atoms with van der Waals surface area (Å²) in [5.74, 6) is 0. The van der Waals surface area contributed by atoms with Crippen LogP contribution in [0.2, 0.25) is 0 Å². The third kappa shape index (κ3) is 9.79. The van der Waals surface area contributed by atoms with E-state index in [-0.39, 0.29) is 17.1 Å². The van der Waals surface area contributed by atoms with E-state index in [1.807, 2.05) is 0 Å². The van der Waals surface area contributed by atoms with Gasteiger partial charge in [0.15, 0.2) is 0 Å². The summed E-state index contributed by atoms with van der Waals surface area (Å²) >= 11 is 0. The van der Waals surface area contributed by atoms with Crippen LogP contribution >= 0.6 is 0 Å². The van der Waals surface area contributed by atoms with Gasteiger partial charge in [-0.3, -0.25) is 0 Å². The van der Waals surface area contributed by atoms with Crippen LogP contribution in [0.1, 0.15) is 77.0 Å². The fraction of sp³-hybridized carbons (Fsp3) is 0.667. The average Bonchev–Trinajstić information content (AvgIpc) is 2.84. The average molecular weight is 482 g/mol. The summed E-state index contributed by atoms with van der Waals surface area (Å²) in [6, 6.07) is 0. The van der Waals surface area contributed by atoms with Crippen LogP contribution in [0.4, 0.5) is 0 Å². The van der Waals surface area contributed by atoms with Crippen LogP contribution in [0.3, 0.4) is 0 Å². The predicted octanol–water partition coefficient (Wildman–Crippen LogP) is 3.66. The van der Waals surface area contributed by atoms with Crippen molar-refractivity contribution in [3.8, 4) is 0 Å². The van der Waals surface area contributed by atoms with Crippen molar-refractivity contribution in [2.24, 2.45) is 30.9 Å². The second-order valence-corrected chi connectivity index (χ2v) is 6.90. The van der Waals surface area contributed by atoms with Gasteiger partial charge < -0.3 is 31.2 Å². The summed E-state index contributed by atoms with van der Waals surface area (Å²) in [7, 11) is 0. The Hall–Kier alpha value is -2.66. The SMILES string of the molecule is O/N=C1\CCCC\C1=N/O.O/N=C1\CCCC\C1=N/O.O/N=C1\CCCC\C1=N/O.[Fe]. The van der Waals surface area contributed by atoms with Crippen molar-refractivity contribution < 1.29 is 48.3 Å². The van der Waals surface area contributed by atoms with Crippen LogP contribution in [-0.2, 0) is 17.1 Å². The molecule has 0 radical (unpaired) electrons. The molecule has 0 aromatic heterocycles. The molecule has 12 nitrogen and oxygen atoms in total. The van der Waals surface area contributed by atoms with E-state index in [1.54, 1.807) is 0 Å². The molecule has 176 valence electrons. The molecule has 31 heavy (non-hydrogen) atoms.